The molecule has 1 saturated heterocycles. The fourth-order valence-corrected chi connectivity index (χ4v) is 5.67. The Morgan fingerprint density at radius 1 is 0.932 bits per heavy atom. The van der Waals surface area contributed by atoms with Crippen molar-refractivity contribution in [2.45, 2.75) is 37.8 Å². The van der Waals surface area contributed by atoms with Crippen molar-refractivity contribution in [1.82, 2.24) is 9.80 Å². The molecular formula is C33H49N3O8. The number of benzene rings is 2. The molecule has 0 aliphatic carbocycles. The lowest BCUT2D eigenvalue weighted by atomic mass is 9.84. The number of ether oxygens (including phenoxy) is 6. The lowest BCUT2D eigenvalue weighted by molar-refractivity contribution is -0.0904. The van der Waals surface area contributed by atoms with Crippen LogP contribution < -0.4 is 9.64 Å². The van der Waals surface area contributed by atoms with Crippen molar-refractivity contribution < 1.29 is 38.3 Å². The third-order valence-corrected chi connectivity index (χ3v) is 8.03. The molecule has 2 aliphatic heterocycles. The smallest absolute Gasteiger partial charge is 0.407 e. The van der Waals surface area contributed by atoms with E-state index in [2.05, 4.69) is 40.1 Å². The van der Waals surface area contributed by atoms with Crippen LogP contribution in [0.4, 0.5) is 10.5 Å². The lowest BCUT2D eigenvalue weighted by Crippen LogP contribution is -2.54. The number of rotatable bonds is 17. The van der Waals surface area contributed by atoms with E-state index in [4.69, 9.17) is 28.4 Å². The monoisotopic (exact) mass is 615 g/mol. The van der Waals surface area contributed by atoms with Crippen LogP contribution in [0.1, 0.15) is 29.0 Å². The Labute approximate surface area is 261 Å². The van der Waals surface area contributed by atoms with Gasteiger partial charge in [-0.2, -0.15) is 0 Å². The minimum absolute atomic E-state index is 0.150. The van der Waals surface area contributed by atoms with E-state index in [1.165, 1.54) is 4.90 Å². The Hall–Kier alpha value is -2.93. The Bertz CT molecular complexity index is 1150. The summed E-state index contributed by atoms with van der Waals surface area (Å²) >= 11 is 0. The van der Waals surface area contributed by atoms with Crippen LogP contribution in [0.5, 0.6) is 5.75 Å². The number of hydrogen-bond acceptors (Lipinski definition) is 9. The molecule has 11 heteroatoms. The lowest BCUT2D eigenvalue weighted by Gasteiger charge is -2.43. The van der Waals surface area contributed by atoms with Crippen molar-refractivity contribution in [1.29, 1.82) is 0 Å². The number of fused-ring (bicyclic) bond motifs is 1. The summed E-state index contributed by atoms with van der Waals surface area (Å²) in [6, 6.07) is 14.4. The van der Waals surface area contributed by atoms with Gasteiger partial charge < -0.3 is 48.2 Å². The largest absolute Gasteiger partial charge is 0.490 e. The number of piperidine rings is 1. The first-order chi connectivity index (χ1) is 21.4. The second-order valence-electron chi connectivity index (χ2n) is 11.5. The van der Waals surface area contributed by atoms with Gasteiger partial charge in [0.05, 0.1) is 70.6 Å². The van der Waals surface area contributed by atoms with Crippen LogP contribution in [0, 0.1) is 0 Å². The van der Waals surface area contributed by atoms with Gasteiger partial charge in [-0.25, -0.2) is 4.79 Å². The Kier molecular flexibility index (Phi) is 13.5. The second-order valence-corrected chi connectivity index (χ2v) is 11.5. The molecule has 0 bridgehead atoms. The van der Waals surface area contributed by atoms with E-state index in [-0.39, 0.29) is 25.1 Å². The predicted molar refractivity (Wildman–Crippen MR) is 168 cm³/mol. The SMILES string of the molecule is COCCCN1CCOc2ccc(CO[C@H]3CN(C(=O)O)C[C@@H](OCCN(C)C)[C@@H]3c3ccc(COCCOC)cc3)cc21. The number of carboxylic acid groups (broad SMARTS) is 1. The van der Waals surface area contributed by atoms with Crippen LogP contribution in [0.2, 0.25) is 0 Å². The fraction of sp³-hybridized carbons (Fsp3) is 0.606. The van der Waals surface area contributed by atoms with E-state index in [1.54, 1.807) is 14.2 Å². The zero-order chi connectivity index (χ0) is 31.3. The number of likely N-dealkylation sites (N-methyl/N-ethyl adjacent to an activating group) is 1. The van der Waals surface area contributed by atoms with Crippen LogP contribution in [0.3, 0.4) is 0 Å². The topological polar surface area (TPSA) is 102 Å². The summed E-state index contributed by atoms with van der Waals surface area (Å²) in [6.45, 7) is 6.73. The maximum atomic E-state index is 12.2. The highest BCUT2D eigenvalue weighted by Gasteiger charge is 2.41. The van der Waals surface area contributed by atoms with Gasteiger partial charge in [0.2, 0.25) is 0 Å². The molecule has 2 aliphatic rings. The minimum atomic E-state index is -0.973. The molecule has 0 radical (unpaired) electrons. The molecule has 2 aromatic rings. The van der Waals surface area contributed by atoms with Gasteiger partial charge in [-0.15, -0.1) is 0 Å². The minimum Gasteiger partial charge on any atom is -0.490 e. The van der Waals surface area contributed by atoms with Gasteiger partial charge in [-0.3, -0.25) is 0 Å². The normalized spacial score (nSPS) is 20.1. The zero-order valence-electron chi connectivity index (χ0n) is 26.6. The quantitative estimate of drug-likeness (QED) is 0.265. The number of carbonyl (C=O) groups is 1. The number of anilines is 1. The van der Waals surface area contributed by atoms with E-state index < -0.39 is 12.2 Å². The number of amides is 1. The average Bonchev–Trinajstić information content (AvgIpc) is 3.02. The van der Waals surface area contributed by atoms with E-state index in [0.717, 1.165) is 54.2 Å². The number of methoxy groups -OCH3 is 2. The van der Waals surface area contributed by atoms with E-state index >= 15 is 0 Å². The summed E-state index contributed by atoms with van der Waals surface area (Å²) in [5.41, 5.74) is 4.17. The maximum Gasteiger partial charge on any atom is 0.407 e. The molecular weight excluding hydrogens is 566 g/mol. The summed E-state index contributed by atoms with van der Waals surface area (Å²) in [7, 11) is 7.36. The Balaban J connectivity index is 1.53. The van der Waals surface area contributed by atoms with E-state index in [0.29, 0.717) is 46.2 Å². The van der Waals surface area contributed by atoms with Crippen LogP contribution in [0.15, 0.2) is 42.5 Å². The number of likely N-dealkylation sites (tertiary alicyclic amines) is 1. The number of nitrogens with zero attached hydrogens (tertiary/aromatic N) is 3. The molecule has 1 N–H and O–H groups in total. The van der Waals surface area contributed by atoms with Gasteiger partial charge in [0.25, 0.3) is 0 Å². The van der Waals surface area contributed by atoms with Crippen LogP contribution in [0.25, 0.3) is 0 Å². The molecule has 3 atom stereocenters. The first-order valence-electron chi connectivity index (χ1n) is 15.4. The fourth-order valence-electron chi connectivity index (χ4n) is 5.67. The summed E-state index contributed by atoms with van der Waals surface area (Å²) in [4.78, 5) is 18.0. The second kappa shape index (κ2) is 17.5. The molecule has 0 saturated carbocycles. The van der Waals surface area contributed by atoms with Crippen molar-refractivity contribution in [2.24, 2.45) is 0 Å². The molecule has 0 spiro atoms. The molecule has 0 aromatic heterocycles. The zero-order valence-corrected chi connectivity index (χ0v) is 26.6. The number of hydrogen-bond donors (Lipinski definition) is 1. The van der Waals surface area contributed by atoms with Crippen molar-refractivity contribution in [2.75, 3.05) is 99.0 Å². The summed E-state index contributed by atoms with van der Waals surface area (Å²) in [6.07, 6.45) is -0.807. The van der Waals surface area contributed by atoms with Gasteiger partial charge in [-0.1, -0.05) is 30.3 Å². The maximum absolute atomic E-state index is 12.2. The molecule has 1 amide bonds. The van der Waals surface area contributed by atoms with Crippen molar-refractivity contribution in [3.05, 3.63) is 59.2 Å². The standard InChI is InChI=1S/C33H49N3O8/c1-34(2)13-16-43-30-21-36(33(37)38)22-31(32(30)27-9-6-25(7-10-27)23-41-19-18-40-4)44-24-26-8-11-29-28(20-26)35(14-17-42-29)12-5-15-39-3/h6-11,20,30-32H,5,12-19,21-24H2,1-4H3,(H,37,38)/t30-,31+,32+/m1/s1. The van der Waals surface area contributed by atoms with Crippen LogP contribution in [-0.2, 0) is 36.9 Å². The third-order valence-electron chi connectivity index (χ3n) is 8.03. The molecule has 0 unspecified atom stereocenters. The average molecular weight is 616 g/mol. The molecule has 4 rings (SSSR count). The summed E-state index contributed by atoms with van der Waals surface area (Å²) < 4.78 is 34.9. The van der Waals surface area contributed by atoms with Gasteiger partial charge in [0.15, 0.2) is 0 Å². The third kappa shape index (κ3) is 9.79. The van der Waals surface area contributed by atoms with Crippen LogP contribution >= 0.6 is 0 Å². The summed E-state index contributed by atoms with van der Waals surface area (Å²) in [5.74, 6) is 0.716. The molecule has 2 aromatic carbocycles. The van der Waals surface area contributed by atoms with Crippen molar-refractivity contribution in [3.63, 3.8) is 0 Å². The first-order valence-corrected chi connectivity index (χ1v) is 15.4. The van der Waals surface area contributed by atoms with E-state index in [1.807, 2.05) is 26.2 Å². The first kappa shape index (κ1) is 34.0. The van der Waals surface area contributed by atoms with Crippen molar-refractivity contribution in [3.8, 4) is 5.75 Å². The van der Waals surface area contributed by atoms with Crippen LogP contribution in [-0.4, -0.2) is 127 Å². The highest BCUT2D eigenvalue weighted by Crippen LogP contribution is 2.36. The molecule has 1 fully saturated rings. The van der Waals surface area contributed by atoms with Crippen molar-refractivity contribution >= 4 is 11.8 Å². The van der Waals surface area contributed by atoms with E-state index in [9.17, 15) is 9.90 Å². The Morgan fingerprint density at radius 3 is 2.36 bits per heavy atom. The summed E-state index contributed by atoms with van der Waals surface area (Å²) in [5, 5.41) is 9.99. The van der Waals surface area contributed by atoms with Gasteiger partial charge in [0.1, 0.15) is 12.4 Å². The molecule has 11 nitrogen and oxygen atoms in total. The molecule has 2 heterocycles. The highest BCUT2D eigenvalue weighted by atomic mass is 16.5. The van der Waals surface area contributed by atoms with Gasteiger partial charge in [-0.05, 0) is 49.3 Å². The highest BCUT2D eigenvalue weighted by molar-refractivity contribution is 5.65. The molecule has 244 valence electrons. The molecule has 44 heavy (non-hydrogen) atoms. The van der Waals surface area contributed by atoms with Gasteiger partial charge >= 0.3 is 6.09 Å². The Morgan fingerprint density at radius 2 is 1.66 bits per heavy atom. The predicted octanol–water partition coefficient (Wildman–Crippen LogP) is 3.69. The van der Waals surface area contributed by atoms with Gasteiger partial charge in [0, 0.05) is 39.8 Å².